The summed E-state index contributed by atoms with van der Waals surface area (Å²) >= 11 is 10.9. The average Bonchev–Trinajstić information content (AvgIpc) is 2.74. The molecule has 7 heteroatoms. The lowest BCUT2D eigenvalue weighted by molar-refractivity contribution is -0.112. The summed E-state index contributed by atoms with van der Waals surface area (Å²) in [6, 6.07) is 2.78. The number of thioether (sulfide) groups is 1. The molecule has 2 nitrogen and oxygen atoms in total. The van der Waals surface area contributed by atoms with E-state index in [4.69, 9.17) is 11.6 Å². The molecule has 214 valence electrons. The highest BCUT2D eigenvalue weighted by molar-refractivity contribution is 8.13. The summed E-state index contributed by atoms with van der Waals surface area (Å²) in [5.41, 5.74) is 0. The van der Waals surface area contributed by atoms with Gasteiger partial charge in [0.15, 0.2) is 5.12 Å². The van der Waals surface area contributed by atoms with Crippen LogP contribution in [0.5, 0.6) is 0 Å². The van der Waals surface area contributed by atoms with Crippen molar-refractivity contribution in [2.24, 2.45) is 0 Å². The summed E-state index contributed by atoms with van der Waals surface area (Å²) in [6.45, 7) is 18.8. The Bertz CT molecular complexity index is 485. The summed E-state index contributed by atoms with van der Waals surface area (Å²) < 4.78 is 0. The van der Waals surface area contributed by atoms with E-state index >= 15 is 0 Å². The fourth-order valence-electron chi connectivity index (χ4n) is 3.21. The molecule has 0 aromatic heterocycles. The lowest BCUT2D eigenvalue weighted by atomic mass is 10.1. The molecular weight excluding hydrogens is 524 g/mol. The van der Waals surface area contributed by atoms with E-state index in [-0.39, 0.29) is 6.67 Å². The third kappa shape index (κ3) is 48.4. The summed E-state index contributed by atoms with van der Waals surface area (Å²) in [5, 5.41) is 0.216. The van der Waals surface area contributed by atoms with Gasteiger partial charge in [-0.05, 0) is 43.0 Å². The Morgan fingerprint density at radius 2 is 1.11 bits per heavy atom. The van der Waals surface area contributed by atoms with Gasteiger partial charge in [-0.25, -0.2) is 0 Å². The molecule has 0 aliphatic rings. The van der Waals surface area contributed by atoms with E-state index in [9.17, 15) is 9.59 Å². The number of hydrogen-bond donors (Lipinski definition) is 1. The van der Waals surface area contributed by atoms with Crippen molar-refractivity contribution in [2.75, 3.05) is 11.5 Å². The average molecular weight is 589 g/mol. The van der Waals surface area contributed by atoms with Gasteiger partial charge < -0.3 is 0 Å². The topological polar surface area (TPSA) is 34.1 Å². The quantitative estimate of drug-likeness (QED) is 0.0705. The van der Waals surface area contributed by atoms with Gasteiger partial charge in [0.2, 0.25) is 5.24 Å². The molecule has 0 amide bonds. The third-order valence-corrected chi connectivity index (χ3v) is 10.6. The van der Waals surface area contributed by atoms with Crippen molar-refractivity contribution in [1.29, 1.82) is 0 Å². The lowest BCUT2D eigenvalue weighted by Gasteiger charge is -2.14. The van der Waals surface area contributed by atoms with Crippen LogP contribution in [-0.2, 0) is 9.59 Å². The van der Waals surface area contributed by atoms with Crippen molar-refractivity contribution in [2.45, 2.75) is 155 Å². The predicted octanol–water partition coefficient (Wildman–Crippen LogP) is 11.3. The Morgan fingerprint density at radius 3 is 1.49 bits per heavy atom. The molecule has 0 N–H and O–H groups in total. The fraction of sp³-hybridized carbons (Fsp3) is 0.929. The Balaban J connectivity index is -0.000000230. The standard InChI is InChI=1S/C14H30OSSi.C8H15ClO.C6H16SSi.H2/c1-5-6-7-8-9-11-14(15)16-12-10-13-17(2,3)4;1-2-3-4-5-6-7-8(9)10;1-8(2,3)6-4-5-7;/h5-13H2,1-4H3;2-7H2,1H3;7H,4-6H2,1-3H3;1H/i;;;1+1. The van der Waals surface area contributed by atoms with Crippen LogP contribution in [0.4, 0.5) is 0 Å². The molecule has 0 atom stereocenters. The van der Waals surface area contributed by atoms with E-state index in [1.54, 1.807) is 11.8 Å². The van der Waals surface area contributed by atoms with Gasteiger partial charge in [-0.3, -0.25) is 9.59 Å². The largest absolute Gasteiger partial charge is 0.287 e. The van der Waals surface area contributed by atoms with E-state index in [0.29, 0.717) is 11.5 Å². The Morgan fingerprint density at radius 1 is 0.686 bits per heavy atom. The van der Waals surface area contributed by atoms with Gasteiger partial charge in [0.1, 0.15) is 0 Å². The molecule has 0 saturated heterocycles. The van der Waals surface area contributed by atoms with Crippen LogP contribution in [0.2, 0.25) is 51.4 Å². The highest BCUT2D eigenvalue weighted by Gasteiger charge is 2.12. The van der Waals surface area contributed by atoms with Crippen molar-refractivity contribution in [3.05, 3.63) is 0 Å². The maximum Gasteiger partial charge on any atom is 0.221 e. The summed E-state index contributed by atoms with van der Waals surface area (Å²) in [6.07, 6.45) is 15.9. The third-order valence-electron chi connectivity index (χ3n) is 5.38. The van der Waals surface area contributed by atoms with Gasteiger partial charge >= 0.3 is 0 Å². The maximum atomic E-state index is 11.6. The molecule has 0 bridgehead atoms. The molecule has 0 unspecified atom stereocenters. The Labute approximate surface area is 239 Å². The number of halogens is 1. The minimum Gasteiger partial charge on any atom is -0.287 e. The smallest absolute Gasteiger partial charge is 0.221 e. The summed E-state index contributed by atoms with van der Waals surface area (Å²) in [4.78, 5) is 21.8. The SMILES string of the molecule is CCCCCCCC(=O)Cl.CCCCCCCC(=O)SCCC[Si](C)(C)C.C[Si](C)(C)CCCS.[2HH]. The van der Waals surface area contributed by atoms with Crippen molar-refractivity contribution >= 4 is 62.5 Å². The molecule has 0 aromatic carbocycles. The molecule has 0 aliphatic carbocycles. The molecule has 0 spiro atoms. The monoisotopic (exact) mass is 587 g/mol. The van der Waals surface area contributed by atoms with Crippen molar-refractivity contribution < 1.29 is 11.0 Å². The van der Waals surface area contributed by atoms with Crippen LogP contribution in [0.3, 0.4) is 0 Å². The molecule has 0 fully saturated rings. The van der Waals surface area contributed by atoms with Gasteiger partial charge in [0.05, 0.1) is 0 Å². The highest BCUT2D eigenvalue weighted by Crippen LogP contribution is 2.17. The second-order valence-corrected chi connectivity index (χ2v) is 25.2. The highest BCUT2D eigenvalue weighted by atomic mass is 35.5. The number of hydrogen-bond acceptors (Lipinski definition) is 4. The van der Waals surface area contributed by atoms with Crippen molar-refractivity contribution in [1.82, 2.24) is 0 Å². The molecule has 0 saturated carbocycles. The molecule has 0 rings (SSSR count). The van der Waals surface area contributed by atoms with Crippen LogP contribution in [0.15, 0.2) is 0 Å². The van der Waals surface area contributed by atoms with E-state index < -0.39 is 16.1 Å². The second-order valence-electron chi connectivity index (χ2n) is 12.0. The van der Waals surface area contributed by atoms with Crippen LogP contribution in [0, 0.1) is 0 Å². The summed E-state index contributed by atoms with van der Waals surface area (Å²) in [7, 11) is -1.62. The van der Waals surface area contributed by atoms with Gasteiger partial charge in [0, 0.05) is 36.2 Å². The zero-order valence-corrected chi connectivity index (χ0v) is 29.2. The van der Waals surface area contributed by atoms with Crippen LogP contribution < -0.4 is 0 Å². The first-order valence-corrected chi connectivity index (χ1v) is 23.6. The van der Waals surface area contributed by atoms with Crippen LogP contribution >= 0.6 is 36.0 Å². The van der Waals surface area contributed by atoms with Gasteiger partial charge in [-0.15, -0.1) is 0 Å². The van der Waals surface area contributed by atoms with E-state index in [2.05, 4.69) is 65.8 Å². The maximum absolute atomic E-state index is 11.6. The number of thiol groups is 1. The molecular formula is C28H63ClO2S2Si2. The second kappa shape index (κ2) is 27.8. The van der Waals surface area contributed by atoms with Crippen molar-refractivity contribution in [3.63, 3.8) is 0 Å². The van der Waals surface area contributed by atoms with Gasteiger partial charge in [-0.2, -0.15) is 12.6 Å². The zero-order valence-electron chi connectivity index (χ0n) is 24.8. The Hall–Kier alpha value is 0.764. The first-order valence-electron chi connectivity index (χ1n) is 14.2. The zero-order chi connectivity index (χ0) is 27.6. The minimum atomic E-state index is -0.894. The number of rotatable bonds is 19. The molecule has 0 heterocycles. The van der Waals surface area contributed by atoms with E-state index in [0.717, 1.165) is 37.2 Å². The number of carbonyl (C=O) groups excluding carboxylic acids is 2. The van der Waals surface area contributed by atoms with E-state index in [1.807, 2.05) is 0 Å². The van der Waals surface area contributed by atoms with Gasteiger partial charge in [-0.1, -0.05) is 128 Å². The Kier molecular flexibility index (Phi) is 32.0. The van der Waals surface area contributed by atoms with Crippen LogP contribution in [-0.4, -0.2) is 38.0 Å². The number of unbranched alkanes of at least 4 members (excludes halogenated alkanes) is 8. The molecule has 0 aliphatic heterocycles. The van der Waals surface area contributed by atoms with Crippen molar-refractivity contribution in [3.8, 4) is 0 Å². The molecule has 0 radical (unpaired) electrons. The molecule has 0 aromatic rings. The first kappa shape index (κ1) is 40.3. The first-order chi connectivity index (χ1) is 16.3. The lowest BCUT2D eigenvalue weighted by Crippen LogP contribution is -2.19. The summed E-state index contributed by atoms with van der Waals surface area (Å²) in [5.74, 6) is 2.10. The van der Waals surface area contributed by atoms with E-state index in [1.165, 1.54) is 69.9 Å². The van der Waals surface area contributed by atoms with Gasteiger partial charge in [0.25, 0.3) is 0 Å². The number of carbonyl (C=O) groups is 2. The fourth-order valence-corrected chi connectivity index (χ4v) is 7.34. The van der Waals surface area contributed by atoms with Crippen LogP contribution in [0.25, 0.3) is 0 Å². The molecule has 35 heavy (non-hydrogen) atoms. The predicted molar refractivity (Wildman–Crippen MR) is 177 cm³/mol. The normalized spacial score (nSPS) is 11.3. The minimum absolute atomic E-state index is 0. The van der Waals surface area contributed by atoms with Crippen LogP contribution in [0.1, 0.15) is 105 Å².